The van der Waals surface area contributed by atoms with E-state index in [1.165, 1.54) is 18.2 Å². The van der Waals surface area contributed by atoms with E-state index in [1.54, 1.807) is 11.0 Å². The highest BCUT2D eigenvalue weighted by molar-refractivity contribution is 7.90. The third-order valence-corrected chi connectivity index (χ3v) is 5.82. The van der Waals surface area contributed by atoms with E-state index in [1.807, 2.05) is 20.8 Å². The standard InChI is InChI=1S/C18H22FN3O4S/c1-18(2,3)16(23)22-10-6-9-14(22)15-20-21-17(26-15)27(24,25)11-12-7-4-5-8-13(12)19/h4-5,7-8,14H,6,9-11H2,1-3H3/t14-/m0/s1. The highest BCUT2D eigenvalue weighted by Gasteiger charge is 2.39. The first-order valence-corrected chi connectivity index (χ1v) is 10.4. The molecule has 0 bridgehead atoms. The number of rotatable bonds is 4. The van der Waals surface area contributed by atoms with E-state index in [4.69, 9.17) is 4.42 Å². The van der Waals surface area contributed by atoms with Gasteiger partial charge >= 0.3 is 5.22 Å². The Balaban J connectivity index is 1.84. The second-order valence-corrected chi connectivity index (χ2v) is 9.53. The lowest BCUT2D eigenvalue weighted by molar-refractivity contribution is -0.140. The summed E-state index contributed by atoms with van der Waals surface area (Å²) in [6.45, 7) is 6.02. The van der Waals surface area contributed by atoms with Crippen LogP contribution >= 0.6 is 0 Å². The van der Waals surface area contributed by atoms with Gasteiger partial charge in [0.2, 0.25) is 21.6 Å². The number of aromatic nitrogens is 2. The molecule has 146 valence electrons. The number of likely N-dealkylation sites (tertiary alicyclic amines) is 1. The van der Waals surface area contributed by atoms with Crippen molar-refractivity contribution in [1.29, 1.82) is 0 Å². The molecule has 1 aliphatic rings. The molecule has 0 N–H and O–H groups in total. The molecule has 27 heavy (non-hydrogen) atoms. The zero-order valence-corrected chi connectivity index (χ0v) is 16.3. The predicted octanol–water partition coefficient (Wildman–Crippen LogP) is 2.89. The Labute approximate surface area is 157 Å². The summed E-state index contributed by atoms with van der Waals surface area (Å²) in [6, 6.07) is 5.18. The van der Waals surface area contributed by atoms with Crippen LogP contribution in [-0.2, 0) is 20.4 Å². The minimum Gasteiger partial charge on any atom is -0.410 e. The lowest BCUT2D eigenvalue weighted by Crippen LogP contribution is -2.39. The van der Waals surface area contributed by atoms with Crippen molar-refractivity contribution in [2.24, 2.45) is 5.41 Å². The normalized spacial score (nSPS) is 18.1. The Morgan fingerprint density at radius 1 is 1.30 bits per heavy atom. The minimum atomic E-state index is -3.99. The molecule has 1 aliphatic heterocycles. The van der Waals surface area contributed by atoms with Gasteiger partial charge in [0.15, 0.2) is 0 Å². The summed E-state index contributed by atoms with van der Waals surface area (Å²) >= 11 is 0. The van der Waals surface area contributed by atoms with E-state index in [9.17, 15) is 17.6 Å². The molecular formula is C18H22FN3O4S. The third-order valence-electron chi connectivity index (χ3n) is 4.43. The maximum atomic E-state index is 13.8. The quantitative estimate of drug-likeness (QED) is 0.790. The molecule has 0 radical (unpaired) electrons. The number of amides is 1. The number of halogens is 1. The van der Waals surface area contributed by atoms with Crippen molar-refractivity contribution in [3.63, 3.8) is 0 Å². The molecule has 3 rings (SSSR count). The Morgan fingerprint density at radius 2 is 2.00 bits per heavy atom. The number of hydrogen-bond acceptors (Lipinski definition) is 6. The van der Waals surface area contributed by atoms with E-state index in [0.29, 0.717) is 13.0 Å². The Bertz CT molecular complexity index is 950. The summed E-state index contributed by atoms with van der Waals surface area (Å²) in [6.07, 6.45) is 1.39. The van der Waals surface area contributed by atoms with Crippen LogP contribution in [-0.4, -0.2) is 36.0 Å². The van der Waals surface area contributed by atoms with Crippen LogP contribution in [0, 0.1) is 11.2 Å². The lowest BCUT2D eigenvalue weighted by atomic mass is 9.94. The average Bonchev–Trinajstić information content (AvgIpc) is 3.24. The summed E-state index contributed by atoms with van der Waals surface area (Å²) < 4.78 is 44.2. The van der Waals surface area contributed by atoms with Crippen molar-refractivity contribution in [3.05, 3.63) is 41.5 Å². The van der Waals surface area contributed by atoms with Crippen LogP contribution in [0.5, 0.6) is 0 Å². The van der Waals surface area contributed by atoms with Gasteiger partial charge in [0, 0.05) is 17.5 Å². The van der Waals surface area contributed by atoms with E-state index in [-0.39, 0.29) is 17.4 Å². The molecule has 2 aromatic rings. The van der Waals surface area contributed by atoms with Crippen LogP contribution in [0.4, 0.5) is 4.39 Å². The number of sulfone groups is 1. The van der Waals surface area contributed by atoms with Crippen molar-refractivity contribution in [2.75, 3.05) is 6.54 Å². The maximum absolute atomic E-state index is 13.8. The zero-order valence-electron chi connectivity index (χ0n) is 15.5. The fraction of sp³-hybridized carbons (Fsp3) is 0.500. The number of nitrogens with zero attached hydrogens (tertiary/aromatic N) is 3. The molecule has 1 aromatic carbocycles. The van der Waals surface area contributed by atoms with Crippen molar-refractivity contribution < 1.29 is 22.0 Å². The van der Waals surface area contributed by atoms with Crippen molar-refractivity contribution in [2.45, 2.75) is 50.6 Å². The predicted molar refractivity (Wildman–Crippen MR) is 94.7 cm³/mol. The molecule has 1 saturated heterocycles. The SMILES string of the molecule is CC(C)(C)C(=O)N1CCC[C@H]1c1nnc(S(=O)(=O)Cc2ccccc2F)o1. The van der Waals surface area contributed by atoms with Crippen LogP contribution in [0.1, 0.15) is 51.1 Å². The van der Waals surface area contributed by atoms with Gasteiger partial charge < -0.3 is 9.32 Å². The van der Waals surface area contributed by atoms with Gasteiger partial charge in [-0.05, 0) is 18.9 Å². The molecule has 1 fully saturated rings. The second kappa shape index (κ2) is 7.03. The molecule has 2 heterocycles. The summed E-state index contributed by atoms with van der Waals surface area (Å²) in [4.78, 5) is 14.3. The van der Waals surface area contributed by atoms with Crippen molar-refractivity contribution in [3.8, 4) is 0 Å². The van der Waals surface area contributed by atoms with Gasteiger partial charge in [-0.15, -0.1) is 5.10 Å². The fourth-order valence-corrected chi connectivity index (χ4v) is 4.20. The van der Waals surface area contributed by atoms with Gasteiger partial charge in [0.1, 0.15) is 11.9 Å². The molecule has 1 atom stereocenters. The molecule has 0 aliphatic carbocycles. The van der Waals surface area contributed by atoms with Crippen LogP contribution in [0.3, 0.4) is 0 Å². The van der Waals surface area contributed by atoms with E-state index >= 15 is 0 Å². The monoisotopic (exact) mass is 395 g/mol. The number of benzene rings is 1. The Morgan fingerprint density at radius 3 is 2.67 bits per heavy atom. The summed E-state index contributed by atoms with van der Waals surface area (Å²) in [5.41, 5.74) is -0.537. The lowest BCUT2D eigenvalue weighted by Gasteiger charge is -2.29. The van der Waals surface area contributed by atoms with Crippen LogP contribution in [0.15, 0.2) is 33.9 Å². The van der Waals surface area contributed by atoms with Crippen molar-refractivity contribution in [1.82, 2.24) is 15.1 Å². The largest absolute Gasteiger partial charge is 0.410 e. The summed E-state index contributed by atoms with van der Waals surface area (Å²) in [5, 5.41) is 6.95. The summed E-state index contributed by atoms with van der Waals surface area (Å²) in [7, 11) is -3.99. The average molecular weight is 395 g/mol. The fourth-order valence-electron chi connectivity index (χ4n) is 3.06. The number of hydrogen-bond donors (Lipinski definition) is 0. The first-order chi connectivity index (χ1) is 12.6. The number of carbonyl (C=O) groups is 1. The maximum Gasteiger partial charge on any atom is 0.335 e. The van der Waals surface area contributed by atoms with E-state index in [2.05, 4.69) is 10.2 Å². The first-order valence-electron chi connectivity index (χ1n) is 8.70. The van der Waals surface area contributed by atoms with Crippen LogP contribution < -0.4 is 0 Å². The molecule has 9 heteroatoms. The Hall–Kier alpha value is -2.29. The molecule has 0 unspecified atom stereocenters. The zero-order chi connectivity index (χ0) is 19.8. The molecule has 0 spiro atoms. The smallest absolute Gasteiger partial charge is 0.335 e. The minimum absolute atomic E-state index is 0.0302. The molecule has 0 saturated carbocycles. The second-order valence-electron chi connectivity index (χ2n) is 7.66. The summed E-state index contributed by atoms with van der Waals surface area (Å²) in [5.74, 6) is -1.15. The van der Waals surface area contributed by atoms with E-state index < -0.39 is 38.1 Å². The van der Waals surface area contributed by atoms with Crippen molar-refractivity contribution >= 4 is 15.7 Å². The van der Waals surface area contributed by atoms with E-state index in [0.717, 1.165) is 6.42 Å². The highest BCUT2D eigenvalue weighted by Crippen LogP contribution is 2.35. The molecule has 1 aromatic heterocycles. The van der Waals surface area contributed by atoms with Crippen LogP contribution in [0.25, 0.3) is 0 Å². The first kappa shape index (κ1) is 19.5. The number of carbonyl (C=O) groups excluding carboxylic acids is 1. The third kappa shape index (κ3) is 4.02. The van der Waals surface area contributed by atoms with Gasteiger partial charge in [0.25, 0.3) is 0 Å². The molecule has 1 amide bonds. The van der Waals surface area contributed by atoms with Gasteiger partial charge in [-0.25, -0.2) is 12.8 Å². The van der Waals surface area contributed by atoms with Gasteiger partial charge in [-0.3, -0.25) is 4.79 Å². The topological polar surface area (TPSA) is 93.4 Å². The van der Waals surface area contributed by atoms with Crippen LogP contribution in [0.2, 0.25) is 0 Å². The van der Waals surface area contributed by atoms with Gasteiger partial charge in [-0.2, -0.15) is 0 Å². The van der Waals surface area contributed by atoms with Gasteiger partial charge in [-0.1, -0.05) is 44.1 Å². The Kier molecular flexibility index (Phi) is 5.07. The van der Waals surface area contributed by atoms with Gasteiger partial charge in [0.05, 0.1) is 5.75 Å². The molecule has 7 nitrogen and oxygen atoms in total. The highest BCUT2D eigenvalue weighted by atomic mass is 32.2. The molecular weight excluding hydrogens is 373 g/mol.